The van der Waals surface area contributed by atoms with E-state index in [1.807, 2.05) is 12.1 Å². The van der Waals surface area contributed by atoms with Gasteiger partial charge in [-0.2, -0.15) is 0 Å². The Balaban J connectivity index is 1.70. The molecular formula is C18H21FN2O3S. The van der Waals surface area contributed by atoms with Crippen molar-refractivity contribution in [2.75, 3.05) is 17.5 Å². The van der Waals surface area contributed by atoms with Crippen LogP contribution in [0.15, 0.2) is 48.5 Å². The van der Waals surface area contributed by atoms with Crippen molar-refractivity contribution in [1.29, 1.82) is 0 Å². The molecule has 134 valence electrons. The Morgan fingerprint density at radius 1 is 1.00 bits per heavy atom. The molecule has 2 rings (SSSR count). The Morgan fingerprint density at radius 2 is 1.60 bits per heavy atom. The van der Waals surface area contributed by atoms with E-state index in [2.05, 4.69) is 10.0 Å². The normalized spacial score (nSPS) is 11.1. The van der Waals surface area contributed by atoms with Crippen molar-refractivity contribution in [3.8, 4) is 0 Å². The fraction of sp³-hybridized carbons (Fsp3) is 0.278. The third kappa shape index (κ3) is 7.34. The summed E-state index contributed by atoms with van der Waals surface area (Å²) in [6.45, 7) is 0.545. The van der Waals surface area contributed by atoms with Crippen LogP contribution in [0.1, 0.15) is 17.5 Å². The summed E-state index contributed by atoms with van der Waals surface area (Å²) < 4.78 is 37.5. The Labute approximate surface area is 147 Å². The molecule has 0 saturated heterocycles. The van der Waals surface area contributed by atoms with E-state index >= 15 is 0 Å². The zero-order valence-corrected chi connectivity index (χ0v) is 14.8. The van der Waals surface area contributed by atoms with E-state index in [1.54, 1.807) is 24.3 Å². The van der Waals surface area contributed by atoms with Gasteiger partial charge in [-0.1, -0.05) is 24.3 Å². The summed E-state index contributed by atoms with van der Waals surface area (Å²) in [4.78, 5) is 11.8. The zero-order chi connectivity index (χ0) is 18.3. The van der Waals surface area contributed by atoms with E-state index in [4.69, 9.17) is 0 Å². The number of rotatable bonds is 8. The standard InChI is InChI=1S/C18H21FN2O3S/c1-25(23,24)21-17-10-6-14(7-11-17)3-2-12-20-18(22)13-15-4-8-16(19)9-5-15/h4-11,21H,2-3,12-13H2,1H3,(H,20,22). The first kappa shape index (κ1) is 18.9. The number of halogens is 1. The average Bonchev–Trinajstić information content (AvgIpc) is 2.54. The first-order valence-electron chi connectivity index (χ1n) is 7.90. The number of aryl methyl sites for hydroxylation is 1. The van der Waals surface area contributed by atoms with E-state index in [0.717, 1.165) is 30.2 Å². The molecule has 0 radical (unpaired) electrons. The van der Waals surface area contributed by atoms with Crippen LogP contribution in [0.4, 0.5) is 10.1 Å². The fourth-order valence-corrected chi connectivity index (χ4v) is 2.89. The first-order chi connectivity index (χ1) is 11.8. The molecule has 0 aliphatic carbocycles. The van der Waals surface area contributed by atoms with Crippen molar-refractivity contribution in [2.24, 2.45) is 0 Å². The molecule has 0 heterocycles. The molecule has 0 bridgehead atoms. The van der Waals surface area contributed by atoms with Gasteiger partial charge in [0.1, 0.15) is 5.82 Å². The zero-order valence-electron chi connectivity index (χ0n) is 14.0. The molecule has 0 unspecified atom stereocenters. The number of amides is 1. The molecule has 2 aromatic rings. The molecule has 0 spiro atoms. The average molecular weight is 364 g/mol. The predicted molar refractivity (Wildman–Crippen MR) is 96.3 cm³/mol. The third-order valence-corrected chi connectivity index (χ3v) is 4.11. The lowest BCUT2D eigenvalue weighted by molar-refractivity contribution is -0.120. The summed E-state index contributed by atoms with van der Waals surface area (Å²) in [7, 11) is -3.27. The van der Waals surface area contributed by atoms with Crippen molar-refractivity contribution in [1.82, 2.24) is 5.32 Å². The summed E-state index contributed by atoms with van der Waals surface area (Å²) in [5.74, 6) is -0.416. The number of carbonyl (C=O) groups is 1. The minimum Gasteiger partial charge on any atom is -0.356 e. The minimum atomic E-state index is -3.27. The number of benzene rings is 2. The molecule has 0 aliphatic rings. The molecule has 0 aliphatic heterocycles. The second kappa shape index (κ2) is 8.62. The van der Waals surface area contributed by atoms with Crippen LogP contribution in [-0.2, 0) is 27.7 Å². The molecule has 5 nitrogen and oxygen atoms in total. The number of hydrogen-bond donors (Lipinski definition) is 2. The lowest BCUT2D eigenvalue weighted by Crippen LogP contribution is -2.26. The van der Waals surface area contributed by atoms with E-state index in [0.29, 0.717) is 12.2 Å². The number of nitrogens with one attached hydrogen (secondary N) is 2. The van der Waals surface area contributed by atoms with Crippen molar-refractivity contribution in [3.05, 3.63) is 65.5 Å². The summed E-state index contributed by atoms with van der Waals surface area (Å²) >= 11 is 0. The van der Waals surface area contributed by atoms with E-state index in [9.17, 15) is 17.6 Å². The second-order valence-corrected chi connectivity index (χ2v) is 7.58. The summed E-state index contributed by atoms with van der Waals surface area (Å²) in [6, 6.07) is 13.0. The molecule has 25 heavy (non-hydrogen) atoms. The summed E-state index contributed by atoms with van der Waals surface area (Å²) in [5, 5.41) is 2.83. The molecule has 2 aromatic carbocycles. The van der Waals surface area contributed by atoms with E-state index in [1.165, 1.54) is 12.1 Å². The summed E-state index contributed by atoms with van der Waals surface area (Å²) in [5.41, 5.74) is 2.36. The first-order valence-corrected chi connectivity index (χ1v) is 9.79. The van der Waals surface area contributed by atoms with Crippen molar-refractivity contribution < 1.29 is 17.6 Å². The Bertz CT molecular complexity index is 803. The van der Waals surface area contributed by atoms with E-state index < -0.39 is 10.0 Å². The molecule has 2 N–H and O–H groups in total. The van der Waals surface area contributed by atoms with Gasteiger partial charge in [0.2, 0.25) is 15.9 Å². The SMILES string of the molecule is CS(=O)(=O)Nc1ccc(CCCNC(=O)Cc2ccc(F)cc2)cc1. The van der Waals surface area contributed by atoms with Gasteiger partial charge in [-0.05, 0) is 48.2 Å². The maximum Gasteiger partial charge on any atom is 0.229 e. The fourth-order valence-electron chi connectivity index (χ4n) is 2.32. The van der Waals surface area contributed by atoms with Gasteiger partial charge < -0.3 is 5.32 Å². The number of anilines is 1. The van der Waals surface area contributed by atoms with Gasteiger partial charge in [-0.25, -0.2) is 12.8 Å². The van der Waals surface area contributed by atoms with Crippen molar-refractivity contribution in [2.45, 2.75) is 19.3 Å². The van der Waals surface area contributed by atoms with Crippen molar-refractivity contribution >= 4 is 21.6 Å². The number of sulfonamides is 1. The van der Waals surface area contributed by atoms with Crippen LogP contribution in [0.5, 0.6) is 0 Å². The van der Waals surface area contributed by atoms with Gasteiger partial charge in [-0.15, -0.1) is 0 Å². The van der Waals surface area contributed by atoms with Crippen LogP contribution in [0, 0.1) is 5.82 Å². The quantitative estimate of drug-likeness (QED) is 0.707. The number of hydrogen-bond acceptors (Lipinski definition) is 3. The lowest BCUT2D eigenvalue weighted by Gasteiger charge is -2.07. The number of carbonyl (C=O) groups excluding carboxylic acids is 1. The van der Waals surface area contributed by atoms with E-state index in [-0.39, 0.29) is 18.1 Å². The predicted octanol–water partition coefficient (Wildman–Crippen LogP) is 2.49. The topological polar surface area (TPSA) is 75.3 Å². The molecule has 0 atom stereocenters. The van der Waals surface area contributed by atoms with Gasteiger partial charge in [-0.3, -0.25) is 9.52 Å². The second-order valence-electron chi connectivity index (χ2n) is 5.83. The van der Waals surface area contributed by atoms with Crippen LogP contribution in [0.2, 0.25) is 0 Å². The maximum atomic E-state index is 12.8. The minimum absolute atomic E-state index is 0.0979. The van der Waals surface area contributed by atoms with Gasteiger partial charge in [0, 0.05) is 12.2 Å². The van der Waals surface area contributed by atoms with Gasteiger partial charge in [0.15, 0.2) is 0 Å². The Kier molecular flexibility index (Phi) is 6.52. The van der Waals surface area contributed by atoms with Crippen LogP contribution >= 0.6 is 0 Å². The van der Waals surface area contributed by atoms with Gasteiger partial charge >= 0.3 is 0 Å². The van der Waals surface area contributed by atoms with Crippen LogP contribution in [0.25, 0.3) is 0 Å². The molecule has 0 aromatic heterocycles. The Hall–Kier alpha value is -2.41. The molecular weight excluding hydrogens is 343 g/mol. The van der Waals surface area contributed by atoms with Crippen LogP contribution in [0.3, 0.4) is 0 Å². The highest BCUT2D eigenvalue weighted by molar-refractivity contribution is 7.92. The monoisotopic (exact) mass is 364 g/mol. The largest absolute Gasteiger partial charge is 0.356 e. The lowest BCUT2D eigenvalue weighted by atomic mass is 10.1. The van der Waals surface area contributed by atoms with Crippen LogP contribution < -0.4 is 10.0 Å². The van der Waals surface area contributed by atoms with Crippen LogP contribution in [-0.4, -0.2) is 27.1 Å². The molecule has 7 heteroatoms. The highest BCUT2D eigenvalue weighted by Crippen LogP contribution is 2.12. The third-order valence-electron chi connectivity index (χ3n) is 3.50. The summed E-state index contributed by atoms with van der Waals surface area (Å²) in [6.07, 6.45) is 2.88. The van der Waals surface area contributed by atoms with Crippen molar-refractivity contribution in [3.63, 3.8) is 0 Å². The maximum absolute atomic E-state index is 12.8. The highest BCUT2D eigenvalue weighted by atomic mass is 32.2. The Morgan fingerprint density at radius 3 is 2.20 bits per heavy atom. The highest BCUT2D eigenvalue weighted by Gasteiger charge is 2.04. The smallest absolute Gasteiger partial charge is 0.229 e. The van der Waals surface area contributed by atoms with Gasteiger partial charge in [0.05, 0.1) is 12.7 Å². The molecule has 0 fully saturated rings. The van der Waals surface area contributed by atoms with Gasteiger partial charge in [0.25, 0.3) is 0 Å². The molecule has 0 saturated carbocycles. The molecule has 1 amide bonds.